The van der Waals surface area contributed by atoms with Crippen molar-refractivity contribution in [3.63, 3.8) is 0 Å². The lowest BCUT2D eigenvalue weighted by Gasteiger charge is -2.32. The summed E-state index contributed by atoms with van der Waals surface area (Å²) in [7, 11) is 1.75. The number of likely N-dealkylation sites (tertiary alicyclic amines) is 1. The molecule has 8 heteroatoms. The summed E-state index contributed by atoms with van der Waals surface area (Å²) in [6, 6.07) is 3.76. The van der Waals surface area contributed by atoms with Gasteiger partial charge in [-0.2, -0.15) is 5.10 Å². The minimum absolute atomic E-state index is 0.000413. The molecule has 132 valence electrons. The van der Waals surface area contributed by atoms with Crippen LogP contribution in [0.1, 0.15) is 33.6 Å². The summed E-state index contributed by atoms with van der Waals surface area (Å²) in [5, 5.41) is 7.05. The van der Waals surface area contributed by atoms with Crippen molar-refractivity contribution < 1.29 is 14.0 Å². The van der Waals surface area contributed by atoms with Crippen LogP contribution in [0, 0.1) is 5.82 Å². The van der Waals surface area contributed by atoms with Crippen LogP contribution in [0.2, 0.25) is 5.02 Å². The van der Waals surface area contributed by atoms with Crippen LogP contribution >= 0.6 is 11.6 Å². The molecule has 0 unspecified atom stereocenters. The number of halogens is 2. The van der Waals surface area contributed by atoms with Gasteiger partial charge in [0.2, 0.25) is 0 Å². The van der Waals surface area contributed by atoms with Crippen LogP contribution in [0.25, 0.3) is 0 Å². The van der Waals surface area contributed by atoms with Gasteiger partial charge < -0.3 is 10.2 Å². The number of aryl methyl sites for hydroxylation is 1. The number of carbonyl (C=O) groups is 2. The third kappa shape index (κ3) is 3.99. The minimum atomic E-state index is -0.474. The van der Waals surface area contributed by atoms with Gasteiger partial charge >= 0.3 is 0 Å². The maximum Gasteiger partial charge on any atom is 0.255 e. The van der Waals surface area contributed by atoms with Gasteiger partial charge in [0.05, 0.1) is 22.3 Å². The molecule has 2 aromatic rings. The van der Waals surface area contributed by atoms with Crippen LogP contribution < -0.4 is 5.32 Å². The maximum absolute atomic E-state index is 13.1. The van der Waals surface area contributed by atoms with Gasteiger partial charge in [-0.15, -0.1) is 0 Å². The average Bonchev–Trinajstić information content (AvgIpc) is 3.02. The molecule has 0 saturated carbocycles. The molecular formula is C17H18ClFN4O2. The first-order valence-corrected chi connectivity index (χ1v) is 8.35. The molecule has 2 heterocycles. The van der Waals surface area contributed by atoms with Gasteiger partial charge in [0.1, 0.15) is 5.82 Å². The molecule has 0 atom stereocenters. The van der Waals surface area contributed by atoms with Gasteiger partial charge in [-0.25, -0.2) is 4.39 Å². The molecule has 0 aliphatic carbocycles. The number of amides is 2. The van der Waals surface area contributed by atoms with Crippen LogP contribution in [0.15, 0.2) is 30.6 Å². The molecule has 25 heavy (non-hydrogen) atoms. The number of benzene rings is 1. The van der Waals surface area contributed by atoms with Crippen molar-refractivity contribution in [2.24, 2.45) is 7.05 Å². The molecule has 0 spiro atoms. The highest BCUT2D eigenvalue weighted by molar-refractivity contribution is 6.33. The Bertz CT molecular complexity index is 800. The van der Waals surface area contributed by atoms with Crippen molar-refractivity contribution >= 4 is 23.4 Å². The highest BCUT2D eigenvalue weighted by atomic mass is 35.5. The van der Waals surface area contributed by atoms with Crippen LogP contribution in [0.3, 0.4) is 0 Å². The largest absolute Gasteiger partial charge is 0.349 e. The van der Waals surface area contributed by atoms with Crippen molar-refractivity contribution in [1.29, 1.82) is 0 Å². The molecule has 3 rings (SSSR count). The Hall–Kier alpha value is -2.41. The Morgan fingerprint density at radius 1 is 1.32 bits per heavy atom. The lowest BCUT2D eigenvalue weighted by Crippen LogP contribution is -2.46. The Kier molecular flexibility index (Phi) is 5.03. The zero-order valence-electron chi connectivity index (χ0n) is 13.7. The van der Waals surface area contributed by atoms with Crippen molar-refractivity contribution in [2.45, 2.75) is 18.9 Å². The summed E-state index contributed by atoms with van der Waals surface area (Å²) in [6.45, 7) is 1.01. The van der Waals surface area contributed by atoms with Crippen LogP contribution in [0.5, 0.6) is 0 Å². The molecule has 1 aromatic heterocycles. The van der Waals surface area contributed by atoms with Crippen LogP contribution in [-0.2, 0) is 7.05 Å². The Morgan fingerprint density at radius 3 is 2.64 bits per heavy atom. The summed E-state index contributed by atoms with van der Waals surface area (Å²) in [5.74, 6) is -0.861. The van der Waals surface area contributed by atoms with Gasteiger partial charge in [-0.3, -0.25) is 14.3 Å². The summed E-state index contributed by atoms with van der Waals surface area (Å²) in [4.78, 5) is 26.3. The van der Waals surface area contributed by atoms with E-state index in [2.05, 4.69) is 10.4 Å². The number of aromatic nitrogens is 2. The molecular weight excluding hydrogens is 347 g/mol. The quantitative estimate of drug-likeness (QED) is 0.908. The van der Waals surface area contributed by atoms with Crippen LogP contribution in [0.4, 0.5) is 4.39 Å². The third-order valence-corrected chi connectivity index (χ3v) is 4.56. The molecule has 1 saturated heterocycles. The SMILES string of the molecule is Cn1cc(C(=O)NC2CCN(C(=O)c3ccc(F)cc3Cl)CC2)cn1. The molecule has 0 radical (unpaired) electrons. The second-order valence-electron chi connectivity index (χ2n) is 6.07. The van der Waals surface area contributed by atoms with E-state index in [0.717, 1.165) is 6.07 Å². The lowest BCUT2D eigenvalue weighted by molar-refractivity contribution is 0.0698. The fourth-order valence-electron chi connectivity index (χ4n) is 2.87. The smallest absolute Gasteiger partial charge is 0.255 e. The van der Waals surface area contributed by atoms with E-state index in [1.165, 1.54) is 18.3 Å². The van der Waals surface area contributed by atoms with Crippen molar-refractivity contribution in [3.05, 3.63) is 52.6 Å². The van der Waals surface area contributed by atoms with E-state index in [4.69, 9.17) is 11.6 Å². The zero-order chi connectivity index (χ0) is 18.0. The number of piperidine rings is 1. The fourth-order valence-corrected chi connectivity index (χ4v) is 3.12. The monoisotopic (exact) mass is 364 g/mol. The van der Waals surface area contributed by atoms with E-state index in [-0.39, 0.29) is 22.9 Å². The molecule has 1 aromatic carbocycles. The number of rotatable bonds is 3. The van der Waals surface area contributed by atoms with Crippen molar-refractivity contribution in [1.82, 2.24) is 20.0 Å². The molecule has 0 bridgehead atoms. The molecule has 6 nitrogen and oxygen atoms in total. The molecule has 1 N–H and O–H groups in total. The second kappa shape index (κ2) is 7.23. The zero-order valence-corrected chi connectivity index (χ0v) is 14.5. The van der Waals surface area contributed by atoms with Gasteiger partial charge in [0.25, 0.3) is 11.8 Å². The average molecular weight is 365 g/mol. The van der Waals surface area contributed by atoms with Gasteiger partial charge in [0, 0.05) is 32.4 Å². The first kappa shape index (κ1) is 17.4. The number of hydrogen-bond donors (Lipinski definition) is 1. The van der Waals surface area contributed by atoms with E-state index in [1.807, 2.05) is 0 Å². The Balaban J connectivity index is 1.56. The van der Waals surface area contributed by atoms with E-state index in [0.29, 0.717) is 37.1 Å². The maximum atomic E-state index is 13.1. The normalized spacial score (nSPS) is 15.2. The van der Waals surface area contributed by atoms with E-state index in [9.17, 15) is 14.0 Å². The third-order valence-electron chi connectivity index (χ3n) is 4.25. The first-order chi connectivity index (χ1) is 11.9. The fraction of sp³-hybridized carbons (Fsp3) is 0.353. The van der Waals surface area contributed by atoms with Crippen molar-refractivity contribution in [2.75, 3.05) is 13.1 Å². The predicted octanol–water partition coefficient (Wildman–Crippen LogP) is 2.25. The Morgan fingerprint density at radius 2 is 2.04 bits per heavy atom. The molecule has 1 fully saturated rings. The lowest BCUT2D eigenvalue weighted by atomic mass is 10.0. The highest BCUT2D eigenvalue weighted by Gasteiger charge is 2.26. The van der Waals surface area contributed by atoms with E-state index in [1.54, 1.807) is 22.8 Å². The van der Waals surface area contributed by atoms with E-state index >= 15 is 0 Å². The summed E-state index contributed by atoms with van der Waals surface area (Å²) in [6.07, 6.45) is 4.47. The van der Waals surface area contributed by atoms with Gasteiger partial charge in [-0.05, 0) is 31.0 Å². The Labute approximate surface area is 149 Å². The second-order valence-corrected chi connectivity index (χ2v) is 6.47. The van der Waals surface area contributed by atoms with E-state index < -0.39 is 5.82 Å². The van der Waals surface area contributed by atoms with Gasteiger partial charge in [0.15, 0.2) is 0 Å². The molecule has 1 aliphatic rings. The summed E-state index contributed by atoms with van der Waals surface area (Å²) >= 11 is 5.96. The number of hydrogen-bond acceptors (Lipinski definition) is 3. The predicted molar refractivity (Wildman–Crippen MR) is 91.0 cm³/mol. The number of nitrogens with one attached hydrogen (secondary N) is 1. The standard InChI is InChI=1S/C17H18ClFN4O2/c1-22-10-11(9-20-22)16(24)21-13-4-6-23(7-5-13)17(25)14-3-2-12(19)8-15(14)18/h2-3,8-10,13H,4-7H2,1H3,(H,21,24). The topological polar surface area (TPSA) is 67.2 Å². The summed E-state index contributed by atoms with van der Waals surface area (Å²) < 4.78 is 14.7. The highest BCUT2D eigenvalue weighted by Crippen LogP contribution is 2.21. The van der Waals surface area contributed by atoms with Crippen LogP contribution in [-0.4, -0.2) is 45.6 Å². The number of carbonyl (C=O) groups excluding carboxylic acids is 2. The summed E-state index contributed by atoms with van der Waals surface area (Å²) in [5.41, 5.74) is 0.806. The minimum Gasteiger partial charge on any atom is -0.349 e. The first-order valence-electron chi connectivity index (χ1n) is 7.98. The molecule has 1 aliphatic heterocycles. The van der Waals surface area contributed by atoms with Gasteiger partial charge in [-0.1, -0.05) is 11.6 Å². The molecule has 2 amide bonds. The number of nitrogens with zero attached hydrogens (tertiary/aromatic N) is 3. The van der Waals surface area contributed by atoms with Crippen molar-refractivity contribution in [3.8, 4) is 0 Å².